The number of ether oxygens (including phenoxy) is 1. The third kappa shape index (κ3) is 3.43. The van der Waals surface area contributed by atoms with E-state index in [9.17, 15) is 9.90 Å². The average Bonchev–Trinajstić information content (AvgIpc) is 3.06. The Morgan fingerprint density at radius 2 is 1.90 bits per heavy atom. The quantitative estimate of drug-likeness (QED) is 0.632. The SMILES string of the molecule is CC(=O)[C@H]1[C@H](OCc2ccccc2)C[C@H]2[C@@H]3CC=C4C[C@@H](O)CC[C@]4(C)[C@H]3CC[C@@]21C. The highest BCUT2D eigenvalue weighted by Crippen LogP contribution is 2.66. The van der Waals surface area contributed by atoms with Crippen molar-refractivity contribution in [2.45, 2.75) is 84.5 Å². The van der Waals surface area contributed by atoms with Crippen LogP contribution in [0.15, 0.2) is 42.0 Å². The van der Waals surface area contributed by atoms with Crippen molar-refractivity contribution >= 4 is 5.78 Å². The van der Waals surface area contributed by atoms with Crippen molar-refractivity contribution in [1.29, 1.82) is 0 Å². The number of Topliss-reactive ketones (excluding diaryl/α,β-unsaturated/α-hetero) is 1. The van der Waals surface area contributed by atoms with Gasteiger partial charge in [0.15, 0.2) is 0 Å². The lowest BCUT2D eigenvalue weighted by Crippen LogP contribution is -2.51. The minimum absolute atomic E-state index is 0.00789. The predicted octanol–water partition coefficient (Wildman–Crippen LogP) is 5.71. The van der Waals surface area contributed by atoms with Crippen LogP contribution >= 0.6 is 0 Å². The van der Waals surface area contributed by atoms with E-state index in [1.165, 1.54) is 17.6 Å². The molecule has 0 radical (unpaired) electrons. The third-order valence-electron chi connectivity index (χ3n) is 9.83. The smallest absolute Gasteiger partial charge is 0.136 e. The van der Waals surface area contributed by atoms with Crippen LogP contribution in [0.2, 0.25) is 0 Å². The minimum Gasteiger partial charge on any atom is -0.393 e. The number of allylic oxidation sites excluding steroid dienone is 1. The van der Waals surface area contributed by atoms with Gasteiger partial charge in [-0.1, -0.05) is 55.8 Å². The lowest BCUT2D eigenvalue weighted by Gasteiger charge is -2.57. The lowest BCUT2D eigenvalue weighted by atomic mass is 9.47. The average molecular weight is 423 g/mol. The fraction of sp³-hybridized carbons (Fsp3) is 0.679. The first kappa shape index (κ1) is 21.4. The Morgan fingerprint density at radius 1 is 1.13 bits per heavy atom. The first-order valence-corrected chi connectivity index (χ1v) is 12.4. The summed E-state index contributed by atoms with van der Waals surface area (Å²) in [5.41, 5.74) is 2.97. The first-order valence-electron chi connectivity index (χ1n) is 12.4. The topological polar surface area (TPSA) is 46.5 Å². The Bertz CT molecular complexity index is 860. The Morgan fingerprint density at radius 3 is 2.65 bits per heavy atom. The number of carbonyl (C=O) groups excluding carboxylic acids is 1. The molecule has 0 aromatic heterocycles. The third-order valence-corrected chi connectivity index (χ3v) is 9.83. The fourth-order valence-electron chi connectivity index (χ4n) is 8.30. The summed E-state index contributed by atoms with van der Waals surface area (Å²) in [4.78, 5) is 12.9. The highest BCUT2D eigenvalue weighted by molar-refractivity contribution is 5.80. The summed E-state index contributed by atoms with van der Waals surface area (Å²) in [6.45, 7) is 7.22. The largest absolute Gasteiger partial charge is 0.393 e. The summed E-state index contributed by atoms with van der Waals surface area (Å²) >= 11 is 0. The van der Waals surface area contributed by atoms with E-state index in [0.29, 0.717) is 30.1 Å². The van der Waals surface area contributed by atoms with Crippen LogP contribution in [0.3, 0.4) is 0 Å². The second-order valence-electron chi connectivity index (χ2n) is 11.4. The molecule has 0 spiro atoms. The van der Waals surface area contributed by atoms with Crippen LogP contribution in [0.25, 0.3) is 0 Å². The molecule has 0 heterocycles. The molecule has 1 aromatic rings. The molecule has 3 saturated carbocycles. The molecule has 0 unspecified atom stereocenters. The van der Waals surface area contributed by atoms with Gasteiger partial charge in [-0.25, -0.2) is 0 Å². The molecule has 0 amide bonds. The molecule has 0 bridgehead atoms. The molecule has 4 aliphatic carbocycles. The van der Waals surface area contributed by atoms with Gasteiger partial charge in [-0.3, -0.25) is 4.79 Å². The molecule has 4 aliphatic rings. The van der Waals surface area contributed by atoms with Gasteiger partial charge >= 0.3 is 0 Å². The molecule has 3 fully saturated rings. The van der Waals surface area contributed by atoms with Gasteiger partial charge < -0.3 is 9.84 Å². The van der Waals surface area contributed by atoms with Crippen LogP contribution in [0.4, 0.5) is 0 Å². The van der Waals surface area contributed by atoms with Gasteiger partial charge in [0.1, 0.15) is 5.78 Å². The molecular formula is C28H38O3. The zero-order chi connectivity index (χ0) is 21.8. The van der Waals surface area contributed by atoms with Gasteiger partial charge in [0.25, 0.3) is 0 Å². The zero-order valence-electron chi connectivity index (χ0n) is 19.3. The van der Waals surface area contributed by atoms with Crippen LogP contribution < -0.4 is 0 Å². The van der Waals surface area contributed by atoms with E-state index in [-0.39, 0.29) is 29.0 Å². The van der Waals surface area contributed by atoms with Gasteiger partial charge in [-0.15, -0.1) is 0 Å². The molecular weight excluding hydrogens is 384 g/mol. The van der Waals surface area contributed by atoms with Gasteiger partial charge in [0, 0.05) is 5.92 Å². The predicted molar refractivity (Wildman–Crippen MR) is 122 cm³/mol. The highest BCUT2D eigenvalue weighted by atomic mass is 16.5. The summed E-state index contributed by atoms with van der Waals surface area (Å²) in [7, 11) is 0. The maximum atomic E-state index is 12.9. The number of benzene rings is 1. The number of rotatable bonds is 4. The molecule has 168 valence electrons. The van der Waals surface area contributed by atoms with Crippen molar-refractivity contribution in [1.82, 2.24) is 0 Å². The number of carbonyl (C=O) groups is 1. The van der Waals surface area contributed by atoms with Gasteiger partial charge in [-0.2, -0.15) is 0 Å². The fourth-order valence-corrected chi connectivity index (χ4v) is 8.30. The first-order chi connectivity index (χ1) is 14.8. The number of hydrogen-bond acceptors (Lipinski definition) is 3. The van der Waals surface area contributed by atoms with E-state index in [1.54, 1.807) is 6.92 Å². The Labute approximate surface area is 187 Å². The van der Waals surface area contributed by atoms with Crippen molar-refractivity contribution in [3.05, 3.63) is 47.5 Å². The second-order valence-corrected chi connectivity index (χ2v) is 11.4. The summed E-state index contributed by atoms with van der Waals surface area (Å²) < 4.78 is 6.48. The minimum atomic E-state index is -0.158. The van der Waals surface area contributed by atoms with Crippen LogP contribution in [0, 0.1) is 34.5 Å². The molecule has 31 heavy (non-hydrogen) atoms. The maximum Gasteiger partial charge on any atom is 0.136 e. The molecule has 1 aromatic carbocycles. The molecule has 0 saturated heterocycles. The number of aliphatic hydroxyl groups is 1. The molecule has 5 rings (SSSR count). The van der Waals surface area contributed by atoms with Crippen molar-refractivity contribution < 1.29 is 14.6 Å². The summed E-state index contributed by atoms with van der Waals surface area (Å²) in [5.74, 6) is 2.17. The van der Waals surface area contributed by atoms with Crippen molar-refractivity contribution in [2.75, 3.05) is 0 Å². The second kappa shape index (κ2) is 7.85. The zero-order valence-corrected chi connectivity index (χ0v) is 19.3. The molecule has 1 N–H and O–H groups in total. The van der Waals surface area contributed by atoms with E-state index in [1.807, 2.05) is 6.07 Å². The van der Waals surface area contributed by atoms with Crippen LogP contribution in [-0.2, 0) is 16.1 Å². The Hall–Kier alpha value is -1.45. The number of hydrogen-bond donors (Lipinski definition) is 1. The van der Waals surface area contributed by atoms with Gasteiger partial charge in [-0.05, 0) is 86.0 Å². The van der Waals surface area contributed by atoms with E-state index in [0.717, 1.165) is 38.5 Å². The molecule has 3 nitrogen and oxygen atoms in total. The van der Waals surface area contributed by atoms with Crippen LogP contribution in [-0.4, -0.2) is 23.1 Å². The number of aliphatic hydroxyl groups excluding tert-OH is 1. The molecule has 3 heteroatoms. The standard InChI is InChI=1S/C28H38O3/c1-18(29)26-25(31-17-19-7-5-4-6-8-19)16-24-22-10-9-20-15-21(30)11-13-27(20,2)23(22)12-14-28(24,26)3/h4-9,21-26,30H,10-17H2,1-3H3/t21-,22+,23-,24-,25+,26-,27-,28-/m0/s1. The number of fused-ring (bicyclic) bond motifs is 5. The van der Waals surface area contributed by atoms with E-state index in [4.69, 9.17) is 4.74 Å². The van der Waals surface area contributed by atoms with Crippen LogP contribution in [0.1, 0.15) is 71.3 Å². The van der Waals surface area contributed by atoms with E-state index < -0.39 is 0 Å². The van der Waals surface area contributed by atoms with Gasteiger partial charge in [0.2, 0.25) is 0 Å². The summed E-state index contributed by atoms with van der Waals surface area (Å²) in [6, 6.07) is 10.3. The van der Waals surface area contributed by atoms with Crippen LogP contribution in [0.5, 0.6) is 0 Å². The van der Waals surface area contributed by atoms with Crippen molar-refractivity contribution in [3.63, 3.8) is 0 Å². The summed E-state index contributed by atoms with van der Waals surface area (Å²) in [6.07, 6.45) is 9.68. The monoisotopic (exact) mass is 422 g/mol. The van der Waals surface area contributed by atoms with E-state index >= 15 is 0 Å². The highest BCUT2D eigenvalue weighted by Gasteiger charge is 2.62. The van der Waals surface area contributed by atoms with E-state index in [2.05, 4.69) is 44.2 Å². The van der Waals surface area contributed by atoms with Crippen molar-refractivity contribution in [3.8, 4) is 0 Å². The van der Waals surface area contributed by atoms with Gasteiger partial charge in [0.05, 0.1) is 18.8 Å². The lowest BCUT2D eigenvalue weighted by molar-refractivity contribution is -0.133. The Kier molecular flexibility index (Phi) is 5.42. The summed E-state index contributed by atoms with van der Waals surface area (Å²) in [5, 5.41) is 10.2. The van der Waals surface area contributed by atoms with Crippen molar-refractivity contribution in [2.24, 2.45) is 34.5 Å². The molecule has 0 aliphatic heterocycles. The normalized spacial score (nSPS) is 44.1. The molecule has 8 atom stereocenters. The maximum absolute atomic E-state index is 12.9. The Balaban J connectivity index is 1.41. The number of ketones is 1.